The zero-order valence-corrected chi connectivity index (χ0v) is 14.9. The van der Waals surface area contributed by atoms with Crippen molar-refractivity contribution in [2.24, 2.45) is 0 Å². The molecule has 2 aromatic carbocycles. The summed E-state index contributed by atoms with van der Waals surface area (Å²) in [4.78, 5) is 24.3. The summed E-state index contributed by atoms with van der Waals surface area (Å²) in [5, 5.41) is 2.73. The van der Waals surface area contributed by atoms with E-state index in [2.05, 4.69) is 5.32 Å². The van der Waals surface area contributed by atoms with Crippen LogP contribution in [0.2, 0.25) is 0 Å². The molecule has 0 fully saturated rings. The van der Waals surface area contributed by atoms with Crippen LogP contribution in [0.25, 0.3) is 0 Å². The van der Waals surface area contributed by atoms with Crippen LogP contribution in [0.15, 0.2) is 48.5 Å². The van der Waals surface area contributed by atoms with Crippen LogP contribution in [0.1, 0.15) is 36.7 Å². The lowest BCUT2D eigenvalue weighted by molar-refractivity contribution is -0.123. The van der Waals surface area contributed by atoms with Crippen LogP contribution in [0.3, 0.4) is 0 Å². The summed E-state index contributed by atoms with van der Waals surface area (Å²) in [6.07, 6.45) is -0.845. The summed E-state index contributed by atoms with van der Waals surface area (Å²) in [6, 6.07) is 14.1. The Bertz CT molecular complexity index is 738. The Morgan fingerprint density at radius 2 is 1.68 bits per heavy atom. The molecule has 0 aliphatic carbocycles. The van der Waals surface area contributed by atoms with E-state index >= 15 is 0 Å². The minimum Gasteiger partial charge on any atom is -0.491 e. The fourth-order valence-corrected chi connectivity index (χ4v) is 2.19. The van der Waals surface area contributed by atoms with Crippen molar-refractivity contribution in [3.05, 3.63) is 59.7 Å². The zero-order valence-electron chi connectivity index (χ0n) is 14.9. The van der Waals surface area contributed by atoms with Gasteiger partial charge >= 0.3 is 5.97 Å². The van der Waals surface area contributed by atoms with E-state index in [1.807, 2.05) is 39.0 Å². The van der Waals surface area contributed by atoms with Gasteiger partial charge in [0.05, 0.1) is 11.7 Å². The lowest BCUT2D eigenvalue weighted by Gasteiger charge is -2.14. The first-order valence-electron chi connectivity index (χ1n) is 8.20. The number of hydrogen-bond donors (Lipinski definition) is 1. The molecule has 0 aliphatic rings. The van der Waals surface area contributed by atoms with E-state index in [0.29, 0.717) is 17.0 Å². The number of rotatable bonds is 6. The van der Waals surface area contributed by atoms with Crippen LogP contribution < -0.4 is 10.1 Å². The first kappa shape index (κ1) is 18.5. The maximum atomic E-state index is 12.2. The highest BCUT2D eigenvalue weighted by Gasteiger charge is 2.19. The Kier molecular flexibility index (Phi) is 6.17. The molecule has 0 bridgehead atoms. The van der Waals surface area contributed by atoms with Gasteiger partial charge < -0.3 is 14.8 Å². The summed E-state index contributed by atoms with van der Waals surface area (Å²) < 4.78 is 10.8. The predicted molar refractivity (Wildman–Crippen MR) is 96.9 cm³/mol. The van der Waals surface area contributed by atoms with Crippen LogP contribution in [-0.4, -0.2) is 24.1 Å². The lowest BCUT2D eigenvalue weighted by Crippen LogP contribution is -2.30. The zero-order chi connectivity index (χ0) is 18.4. The Morgan fingerprint density at radius 1 is 1.00 bits per heavy atom. The van der Waals surface area contributed by atoms with E-state index in [9.17, 15) is 9.59 Å². The van der Waals surface area contributed by atoms with Gasteiger partial charge in [-0.25, -0.2) is 4.79 Å². The maximum absolute atomic E-state index is 12.2. The normalized spacial score (nSPS) is 11.7. The van der Waals surface area contributed by atoms with E-state index in [0.717, 1.165) is 5.56 Å². The molecular formula is C20H23NO4. The molecule has 0 radical (unpaired) electrons. The number of benzene rings is 2. The van der Waals surface area contributed by atoms with Gasteiger partial charge in [0.25, 0.3) is 5.91 Å². The van der Waals surface area contributed by atoms with E-state index in [4.69, 9.17) is 9.47 Å². The topological polar surface area (TPSA) is 64.6 Å². The molecule has 0 unspecified atom stereocenters. The van der Waals surface area contributed by atoms with Gasteiger partial charge in [-0.1, -0.05) is 12.1 Å². The third-order valence-electron chi connectivity index (χ3n) is 3.40. The number of aryl methyl sites for hydroxylation is 1. The first-order chi connectivity index (χ1) is 11.8. The van der Waals surface area contributed by atoms with Gasteiger partial charge in [0, 0.05) is 5.69 Å². The Hall–Kier alpha value is -2.82. The molecule has 1 amide bonds. The van der Waals surface area contributed by atoms with Gasteiger partial charge in [-0.15, -0.1) is 0 Å². The Labute approximate surface area is 148 Å². The van der Waals surface area contributed by atoms with Crippen molar-refractivity contribution in [1.82, 2.24) is 0 Å². The van der Waals surface area contributed by atoms with Crippen LogP contribution in [-0.2, 0) is 9.53 Å². The molecule has 5 heteroatoms. The third-order valence-corrected chi connectivity index (χ3v) is 3.40. The molecule has 0 aromatic heterocycles. The number of carbonyl (C=O) groups excluding carboxylic acids is 2. The van der Waals surface area contributed by atoms with Gasteiger partial charge in [0.15, 0.2) is 6.10 Å². The molecule has 0 aliphatic heterocycles. The molecule has 0 spiro atoms. The molecular weight excluding hydrogens is 318 g/mol. The minimum absolute atomic E-state index is 0.0585. The Morgan fingerprint density at radius 3 is 2.28 bits per heavy atom. The number of ether oxygens (including phenoxy) is 2. The molecule has 0 saturated carbocycles. The van der Waals surface area contributed by atoms with Gasteiger partial charge in [0.1, 0.15) is 5.75 Å². The largest absolute Gasteiger partial charge is 0.491 e. The van der Waals surface area contributed by atoms with Crippen molar-refractivity contribution < 1.29 is 19.1 Å². The molecule has 2 rings (SSSR count). The summed E-state index contributed by atoms with van der Waals surface area (Å²) in [5.41, 5.74) is 2.07. The number of hydrogen-bond acceptors (Lipinski definition) is 4. The van der Waals surface area contributed by atoms with Crippen LogP contribution in [0.5, 0.6) is 5.75 Å². The number of nitrogens with one attached hydrogen (secondary N) is 1. The average Bonchev–Trinajstić information content (AvgIpc) is 2.54. The van der Waals surface area contributed by atoms with Gasteiger partial charge in [0.2, 0.25) is 0 Å². The number of carbonyl (C=O) groups is 2. The second-order valence-corrected chi connectivity index (χ2v) is 6.10. The average molecular weight is 341 g/mol. The van der Waals surface area contributed by atoms with Crippen molar-refractivity contribution in [2.45, 2.75) is 39.9 Å². The van der Waals surface area contributed by atoms with Gasteiger partial charge in [-0.05, 0) is 69.7 Å². The van der Waals surface area contributed by atoms with E-state index in [-0.39, 0.29) is 12.0 Å². The molecule has 25 heavy (non-hydrogen) atoms. The second-order valence-electron chi connectivity index (χ2n) is 6.10. The molecule has 0 saturated heterocycles. The molecule has 1 atom stereocenters. The fourth-order valence-electron chi connectivity index (χ4n) is 2.19. The monoisotopic (exact) mass is 341 g/mol. The maximum Gasteiger partial charge on any atom is 0.338 e. The quantitative estimate of drug-likeness (QED) is 0.808. The van der Waals surface area contributed by atoms with Crippen LogP contribution >= 0.6 is 0 Å². The highest BCUT2D eigenvalue weighted by Crippen LogP contribution is 2.15. The molecule has 1 N–H and O–H groups in total. The highest BCUT2D eigenvalue weighted by atomic mass is 16.5. The fraction of sp³-hybridized carbons (Fsp3) is 0.300. The van der Waals surface area contributed by atoms with Crippen molar-refractivity contribution in [2.75, 3.05) is 5.32 Å². The molecule has 2 aromatic rings. The summed E-state index contributed by atoms with van der Waals surface area (Å²) in [6.45, 7) is 7.33. The molecule has 132 valence electrons. The van der Waals surface area contributed by atoms with Crippen molar-refractivity contribution in [1.29, 1.82) is 0 Å². The standard InChI is InChI=1S/C20H23NO4/c1-13(2)24-18-10-8-16(9-11-18)20(23)25-15(4)19(22)21-17-7-5-6-14(3)12-17/h5-13,15H,1-4H3,(H,21,22)/t15-/m1/s1. The SMILES string of the molecule is Cc1cccc(NC(=O)[C@@H](C)OC(=O)c2ccc(OC(C)C)cc2)c1. The number of anilines is 1. The van der Waals surface area contributed by atoms with E-state index < -0.39 is 12.1 Å². The summed E-state index contributed by atoms with van der Waals surface area (Å²) in [7, 11) is 0. The van der Waals surface area contributed by atoms with Crippen molar-refractivity contribution in [3.63, 3.8) is 0 Å². The van der Waals surface area contributed by atoms with Crippen molar-refractivity contribution >= 4 is 17.6 Å². The number of esters is 1. The number of amides is 1. The molecule has 0 heterocycles. The van der Waals surface area contributed by atoms with Crippen LogP contribution in [0, 0.1) is 6.92 Å². The summed E-state index contributed by atoms with van der Waals surface area (Å²) in [5.74, 6) is -0.251. The van der Waals surface area contributed by atoms with Crippen LogP contribution in [0.4, 0.5) is 5.69 Å². The van der Waals surface area contributed by atoms with E-state index in [1.165, 1.54) is 0 Å². The predicted octanol–water partition coefficient (Wildman–Crippen LogP) is 3.97. The summed E-state index contributed by atoms with van der Waals surface area (Å²) >= 11 is 0. The van der Waals surface area contributed by atoms with Crippen molar-refractivity contribution in [3.8, 4) is 5.75 Å². The minimum atomic E-state index is -0.903. The smallest absolute Gasteiger partial charge is 0.338 e. The second kappa shape index (κ2) is 8.33. The highest BCUT2D eigenvalue weighted by molar-refractivity contribution is 5.97. The third kappa shape index (κ3) is 5.64. The lowest BCUT2D eigenvalue weighted by atomic mass is 10.2. The Balaban J connectivity index is 1.93. The molecule has 5 nitrogen and oxygen atoms in total. The first-order valence-corrected chi connectivity index (χ1v) is 8.20. The van der Waals surface area contributed by atoms with Gasteiger partial charge in [-0.3, -0.25) is 4.79 Å². The van der Waals surface area contributed by atoms with Gasteiger partial charge in [-0.2, -0.15) is 0 Å². The van der Waals surface area contributed by atoms with E-state index in [1.54, 1.807) is 37.3 Å².